The lowest BCUT2D eigenvalue weighted by molar-refractivity contribution is 0.0572. The van der Waals surface area contributed by atoms with E-state index in [4.69, 9.17) is 9.47 Å². The van der Waals surface area contributed by atoms with E-state index in [2.05, 4.69) is 13.8 Å². The monoisotopic (exact) mass is 587 g/mol. The second-order valence-electron chi connectivity index (χ2n) is 12.3. The van der Waals surface area contributed by atoms with Crippen LogP contribution in [0.1, 0.15) is 187 Å². The summed E-state index contributed by atoms with van der Waals surface area (Å²) in [6, 6.07) is 0. The maximum Gasteiger partial charge on any atom is 0.0892 e. The lowest BCUT2D eigenvalue weighted by Gasteiger charge is -2.19. The van der Waals surface area contributed by atoms with Crippen molar-refractivity contribution in [2.75, 3.05) is 31.8 Å². The number of methoxy groups -OCH3 is 1. The van der Waals surface area contributed by atoms with Crippen LogP contribution in [0, 0.1) is 0 Å². The van der Waals surface area contributed by atoms with Gasteiger partial charge in [-0.2, -0.15) is 11.8 Å². The van der Waals surface area contributed by atoms with Crippen LogP contribution in [0.5, 0.6) is 0 Å². The molecule has 0 fully saturated rings. The van der Waals surface area contributed by atoms with Gasteiger partial charge in [0.15, 0.2) is 0 Å². The average Bonchev–Trinajstić information content (AvgIpc) is 2.97. The van der Waals surface area contributed by atoms with Crippen molar-refractivity contribution in [3.8, 4) is 0 Å². The minimum Gasteiger partial charge on any atom is -0.394 e. The van der Waals surface area contributed by atoms with Gasteiger partial charge in [-0.1, -0.05) is 174 Å². The molecule has 0 saturated carbocycles. The van der Waals surface area contributed by atoms with Crippen LogP contribution in [0.4, 0.5) is 0 Å². The molecule has 40 heavy (non-hydrogen) atoms. The molecule has 0 heterocycles. The highest BCUT2D eigenvalue weighted by molar-refractivity contribution is 7.99. The largest absolute Gasteiger partial charge is 0.394 e. The summed E-state index contributed by atoms with van der Waals surface area (Å²) in [5.41, 5.74) is 0. The fourth-order valence-corrected chi connectivity index (χ4v) is 6.67. The minimum absolute atomic E-state index is 0.0527. The Balaban J connectivity index is 3.81. The van der Waals surface area contributed by atoms with Crippen molar-refractivity contribution in [2.24, 2.45) is 0 Å². The summed E-state index contributed by atoms with van der Waals surface area (Å²) in [6.07, 6.45) is 37.8. The molecule has 0 aliphatic rings. The van der Waals surface area contributed by atoms with E-state index in [1.54, 1.807) is 7.11 Å². The Kier molecular flexibility index (Phi) is 35.6. The molecule has 0 spiro atoms. The molecular weight excluding hydrogens is 512 g/mol. The molecule has 0 aliphatic heterocycles. The molecular formula is C36H74O3S. The van der Waals surface area contributed by atoms with Crippen molar-refractivity contribution >= 4 is 11.8 Å². The summed E-state index contributed by atoms with van der Waals surface area (Å²) < 4.78 is 11.7. The van der Waals surface area contributed by atoms with E-state index in [9.17, 15) is 5.11 Å². The maximum atomic E-state index is 9.40. The summed E-state index contributed by atoms with van der Waals surface area (Å²) in [7, 11) is 1.69. The molecule has 0 aromatic rings. The van der Waals surface area contributed by atoms with Gasteiger partial charge in [0.25, 0.3) is 0 Å². The highest BCUT2D eigenvalue weighted by Crippen LogP contribution is 2.18. The van der Waals surface area contributed by atoms with Gasteiger partial charge in [-0.3, -0.25) is 0 Å². The van der Waals surface area contributed by atoms with E-state index in [1.165, 1.54) is 173 Å². The third-order valence-electron chi connectivity index (χ3n) is 8.38. The van der Waals surface area contributed by atoms with Gasteiger partial charge >= 0.3 is 0 Å². The fourth-order valence-electron chi connectivity index (χ4n) is 5.50. The molecule has 1 N–H and O–H groups in total. The molecule has 3 nitrogen and oxygen atoms in total. The molecule has 0 radical (unpaired) electrons. The molecule has 0 amide bonds. The van der Waals surface area contributed by atoms with Crippen molar-refractivity contribution < 1.29 is 14.6 Å². The van der Waals surface area contributed by atoms with Crippen LogP contribution in [-0.4, -0.2) is 49.1 Å². The van der Waals surface area contributed by atoms with Crippen LogP contribution >= 0.6 is 11.8 Å². The van der Waals surface area contributed by atoms with Crippen LogP contribution < -0.4 is 0 Å². The van der Waals surface area contributed by atoms with Gasteiger partial charge in [-0.25, -0.2) is 0 Å². The SMILES string of the molecule is CCCCCCCCCCCCCCCCC(CSCC(CO)OC)OCCCCCCCCCCCCCC. The number of rotatable bonds is 35. The third kappa shape index (κ3) is 31.2. The van der Waals surface area contributed by atoms with E-state index in [1.807, 2.05) is 11.8 Å². The summed E-state index contributed by atoms with van der Waals surface area (Å²) in [6.45, 7) is 5.60. The molecule has 2 unspecified atom stereocenters. The molecule has 4 heteroatoms. The van der Waals surface area contributed by atoms with E-state index in [-0.39, 0.29) is 12.7 Å². The van der Waals surface area contributed by atoms with Gasteiger partial charge in [0.1, 0.15) is 0 Å². The molecule has 0 bridgehead atoms. The topological polar surface area (TPSA) is 38.7 Å². The Morgan fingerprint density at radius 3 is 1.20 bits per heavy atom. The third-order valence-corrected chi connectivity index (χ3v) is 9.59. The number of ether oxygens (including phenoxy) is 2. The van der Waals surface area contributed by atoms with Crippen LogP contribution in [0.25, 0.3) is 0 Å². The van der Waals surface area contributed by atoms with Crippen LogP contribution in [-0.2, 0) is 9.47 Å². The lowest BCUT2D eigenvalue weighted by Crippen LogP contribution is -2.22. The first-order chi connectivity index (χ1) is 19.8. The van der Waals surface area contributed by atoms with Crippen molar-refractivity contribution in [3.05, 3.63) is 0 Å². The second-order valence-corrected chi connectivity index (χ2v) is 13.4. The van der Waals surface area contributed by atoms with Crippen LogP contribution in [0.2, 0.25) is 0 Å². The van der Waals surface area contributed by atoms with Crippen LogP contribution in [0.15, 0.2) is 0 Å². The van der Waals surface area contributed by atoms with Gasteiger partial charge in [-0.05, 0) is 12.8 Å². The fraction of sp³-hybridized carbons (Fsp3) is 1.00. The average molecular weight is 587 g/mol. The van der Waals surface area contributed by atoms with E-state index in [0.29, 0.717) is 6.10 Å². The maximum absolute atomic E-state index is 9.40. The number of aliphatic hydroxyl groups is 1. The quantitative estimate of drug-likeness (QED) is 0.0750. The first-order valence-electron chi connectivity index (χ1n) is 18.1. The van der Waals surface area contributed by atoms with Crippen molar-refractivity contribution in [1.29, 1.82) is 0 Å². The zero-order valence-electron chi connectivity index (χ0n) is 27.7. The molecule has 242 valence electrons. The zero-order chi connectivity index (χ0) is 29.2. The molecule has 0 saturated heterocycles. The number of aliphatic hydroxyl groups excluding tert-OH is 1. The van der Waals surface area contributed by atoms with E-state index in [0.717, 1.165) is 18.1 Å². The summed E-state index contributed by atoms with van der Waals surface area (Å²) in [4.78, 5) is 0. The zero-order valence-corrected chi connectivity index (χ0v) is 28.6. The van der Waals surface area contributed by atoms with Gasteiger partial charge in [0.2, 0.25) is 0 Å². The van der Waals surface area contributed by atoms with Crippen molar-refractivity contribution in [1.82, 2.24) is 0 Å². The Labute approximate surface area is 257 Å². The number of hydrogen-bond donors (Lipinski definition) is 1. The lowest BCUT2D eigenvalue weighted by atomic mass is 10.0. The number of hydrogen-bond acceptors (Lipinski definition) is 4. The van der Waals surface area contributed by atoms with Gasteiger partial charge in [0, 0.05) is 25.2 Å². The number of thioether (sulfide) groups is 1. The van der Waals surface area contributed by atoms with Crippen LogP contribution in [0.3, 0.4) is 0 Å². The summed E-state index contributed by atoms with van der Waals surface area (Å²) in [5, 5.41) is 9.40. The minimum atomic E-state index is -0.0527. The molecule has 0 rings (SSSR count). The predicted octanol–water partition coefficient (Wildman–Crippen LogP) is 11.7. The Morgan fingerprint density at radius 1 is 0.475 bits per heavy atom. The van der Waals surface area contributed by atoms with Crippen molar-refractivity contribution in [2.45, 2.75) is 199 Å². The molecule has 0 aromatic carbocycles. The second kappa shape index (κ2) is 35.4. The summed E-state index contributed by atoms with van der Waals surface area (Å²) in [5.74, 6) is 1.88. The Hall–Kier alpha value is 0.230. The highest BCUT2D eigenvalue weighted by Gasteiger charge is 2.12. The summed E-state index contributed by atoms with van der Waals surface area (Å²) >= 11 is 1.88. The van der Waals surface area contributed by atoms with Gasteiger partial charge < -0.3 is 14.6 Å². The Bertz CT molecular complexity index is 444. The molecule has 0 aromatic heterocycles. The van der Waals surface area contributed by atoms with Gasteiger partial charge in [0.05, 0.1) is 18.8 Å². The normalized spacial score (nSPS) is 13.2. The first kappa shape index (κ1) is 40.2. The molecule has 2 atom stereocenters. The first-order valence-corrected chi connectivity index (χ1v) is 19.3. The Morgan fingerprint density at radius 2 is 0.825 bits per heavy atom. The highest BCUT2D eigenvalue weighted by atomic mass is 32.2. The molecule has 0 aliphatic carbocycles. The number of unbranched alkanes of at least 4 members (excludes halogenated alkanes) is 24. The smallest absolute Gasteiger partial charge is 0.0892 e. The van der Waals surface area contributed by atoms with E-state index >= 15 is 0 Å². The standard InChI is InChI=1S/C36H74O3S/c1-4-6-8-10-12-14-16-18-19-20-22-24-26-28-30-35(33-40-34-36(32-37)38-3)39-31-29-27-25-23-21-17-15-13-11-9-7-5-2/h35-37H,4-34H2,1-3H3. The van der Waals surface area contributed by atoms with E-state index < -0.39 is 0 Å². The van der Waals surface area contributed by atoms with Crippen molar-refractivity contribution in [3.63, 3.8) is 0 Å². The van der Waals surface area contributed by atoms with Gasteiger partial charge in [-0.15, -0.1) is 0 Å². The predicted molar refractivity (Wildman–Crippen MR) is 181 cm³/mol.